The number of nitrogens with zero attached hydrogens (tertiary/aromatic N) is 3. The van der Waals surface area contributed by atoms with Crippen molar-refractivity contribution in [1.82, 2.24) is 15.0 Å². The summed E-state index contributed by atoms with van der Waals surface area (Å²) in [5.74, 6) is 1.66. The van der Waals surface area contributed by atoms with E-state index in [4.69, 9.17) is 0 Å². The Kier molecular flexibility index (Phi) is 4.53. The van der Waals surface area contributed by atoms with Gasteiger partial charge >= 0.3 is 0 Å². The fourth-order valence-corrected chi connectivity index (χ4v) is 5.39. The Morgan fingerprint density at radius 1 is 1.04 bits per heavy atom. The van der Waals surface area contributed by atoms with Crippen molar-refractivity contribution in [1.29, 1.82) is 0 Å². The Morgan fingerprint density at radius 2 is 1.89 bits per heavy atom. The molecule has 4 nitrogen and oxygen atoms in total. The molecule has 0 saturated heterocycles. The number of nitrogens with one attached hydrogen (secondary N) is 1. The van der Waals surface area contributed by atoms with Crippen molar-refractivity contribution in [2.45, 2.75) is 32.2 Å². The molecule has 0 spiro atoms. The van der Waals surface area contributed by atoms with E-state index >= 15 is 0 Å². The molecule has 4 aromatic rings. The van der Waals surface area contributed by atoms with Gasteiger partial charge in [-0.1, -0.05) is 43.3 Å². The highest BCUT2D eigenvalue weighted by molar-refractivity contribution is 7.19. The quantitative estimate of drug-likeness (QED) is 0.509. The molecule has 5 rings (SSSR count). The third-order valence-corrected chi connectivity index (χ3v) is 6.65. The van der Waals surface area contributed by atoms with Crippen molar-refractivity contribution in [2.24, 2.45) is 5.92 Å². The van der Waals surface area contributed by atoms with Gasteiger partial charge < -0.3 is 5.32 Å². The fourth-order valence-electron chi connectivity index (χ4n) is 4.04. The molecule has 28 heavy (non-hydrogen) atoms. The summed E-state index contributed by atoms with van der Waals surface area (Å²) in [4.78, 5) is 16.4. The average Bonchev–Trinajstić information content (AvgIpc) is 3.11. The number of hydrogen-bond acceptors (Lipinski definition) is 5. The molecule has 3 aromatic heterocycles. The topological polar surface area (TPSA) is 50.7 Å². The predicted octanol–water partition coefficient (Wildman–Crippen LogP) is 5.41. The largest absolute Gasteiger partial charge is 0.357 e. The number of anilines is 1. The molecule has 0 bridgehead atoms. The third-order valence-electron chi connectivity index (χ3n) is 5.49. The van der Waals surface area contributed by atoms with Crippen LogP contribution in [0.2, 0.25) is 0 Å². The lowest BCUT2D eigenvalue weighted by Gasteiger charge is -2.21. The van der Waals surface area contributed by atoms with E-state index in [0.29, 0.717) is 0 Å². The van der Waals surface area contributed by atoms with Gasteiger partial charge in [-0.15, -0.1) is 11.3 Å². The maximum atomic E-state index is 4.65. The molecule has 1 aliphatic carbocycles. The van der Waals surface area contributed by atoms with Gasteiger partial charge in [-0.25, -0.2) is 9.97 Å². The van der Waals surface area contributed by atoms with Crippen molar-refractivity contribution < 1.29 is 0 Å². The van der Waals surface area contributed by atoms with Crippen molar-refractivity contribution >= 4 is 27.4 Å². The van der Waals surface area contributed by atoms with Crippen LogP contribution in [0, 0.1) is 5.92 Å². The molecule has 2 unspecified atom stereocenters. The van der Waals surface area contributed by atoms with Crippen LogP contribution in [0.5, 0.6) is 0 Å². The Labute approximate surface area is 168 Å². The van der Waals surface area contributed by atoms with Crippen LogP contribution in [0.1, 0.15) is 41.1 Å². The van der Waals surface area contributed by atoms with Gasteiger partial charge in [0.25, 0.3) is 0 Å². The molecule has 0 amide bonds. The second-order valence-corrected chi connectivity index (χ2v) is 8.58. The standard InChI is InChI=1S/C23H22N4S/c1-15-10-11-17-19(13-15)28-23-20(17)22(25-14-26-23)27-21(16-7-3-2-4-8-16)18-9-5-6-12-24-18/h2-9,12,14-15,21H,10-11,13H2,1H3,(H,25,26,27). The summed E-state index contributed by atoms with van der Waals surface area (Å²) >= 11 is 1.83. The summed E-state index contributed by atoms with van der Waals surface area (Å²) in [7, 11) is 0. The van der Waals surface area contributed by atoms with Crippen LogP contribution in [-0.2, 0) is 12.8 Å². The Bertz CT molecular complexity index is 1050. The molecule has 1 N–H and O–H groups in total. The smallest absolute Gasteiger partial charge is 0.139 e. The molecule has 5 heteroatoms. The molecule has 1 aliphatic rings. The van der Waals surface area contributed by atoms with Gasteiger partial charge in [0.15, 0.2) is 0 Å². The first kappa shape index (κ1) is 17.3. The third kappa shape index (κ3) is 3.16. The van der Waals surface area contributed by atoms with E-state index in [9.17, 15) is 0 Å². The fraction of sp³-hybridized carbons (Fsp3) is 0.261. The Balaban J connectivity index is 1.61. The minimum Gasteiger partial charge on any atom is -0.357 e. The van der Waals surface area contributed by atoms with E-state index in [1.165, 1.54) is 27.8 Å². The molecule has 2 atom stereocenters. The Hall–Kier alpha value is -2.79. The van der Waals surface area contributed by atoms with E-state index in [1.54, 1.807) is 6.33 Å². The number of aryl methyl sites for hydroxylation is 1. The zero-order chi connectivity index (χ0) is 18.9. The average molecular weight is 387 g/mol. The maximum absolute atomic E-state index is 4.65. The van der Waals surface area contributed by atoms with Crippen molar-refractivity contribution in [3.63, 3.8) is 0 Å². The molecule has 140 valence electrons. The van der Waals surface area contributed by atoms with Gasteiger partial charge in [0, 0.05) is 11.1 Å². The molecule has 1 aromatic carbocycles. The number of benzene rings is 1. The van der Waals surface area contributed by atoms with Gasteiger partial charge in [-0.2, -0.15) is 0 Å². The summed E-state index contributed by atoms with van der Waals surface area (Å²) < 4.78 is 0. The van der Waals surface area contributed by atoms with E-state index in [0.717, 1.165) is 35.1 Å². The van der Waals surface area contributed by atoms with Gasteiger partial charge in [-0.05, 0) is 48.4 Å². The van der Waals surface area contributed by atoms with E-state index in [2.05, 4.69) is 57.5 Å². The van der Waals surface area contributed by atoms with Crippen LogP contribution in [0.15, 0.2) is 61.1 Å². The van der Waals surface area contributed by atoms with Crippen LogP contribution in [0.4, 0.5) is 5.82 Å². The lowest BCUT2D eigenvalue weighted by molar-refractivity contribution is 0.509. The number of pyridine rings is 1. The molecule has 0 aliphatic heterocycles. The summed E-state index contributed by atoms with van der Waals surface area (Å²) in [6, 6.07) is 16.4. The molecular formula is C23H22N4S. The van der Waals surface area contributed by atoms with Gasteiger partial charge in [-0.3, -0.25) is 4.98 Å². The predicted molar refractivity (Wildman–Crippen MR) is 115 cm³/mol. The van der Waals surface area contributed by atoms with Gasteiger partial charge in [0.1, 0.15) is 17.0 Å². The molecule has 3 heterocycles. The number of thiophene rings is 1. The molecular weight excluding hydrogens is 364 g/mol. The second kappa shape index (κ2) is 7.32. The lowest BCUT2D eigenvalue weighted by atomic mass is 9.89. The first-order valence-electron chi connectivity index (χ1n) is 9.77. The van der Waals surface area contributed by atoms with Crippen molar-refractivity contribution in [2.75, 3.05) is 5.32 Å². The first-order chi connectivity index (χ1) is 13.8. The zero-order valence-corrected chi connectivity index (χ0v) is 16.6. The second-order valence-electron chi connectivity index (χ2n) is 7.50. The highest BCUT2D eigenvalue weighted by Crippen LogP contribution is 2.40. The van der Waals surface area contributed by atoms with Crippen LogP contribution in [0.25, 0.3) is 10.2 Å². The van der Waals surface area contributed by atoms with Crippen molar-refractivity contribution in [3.05, 3.63) is 82.8 Å². The molecule has 0 fully saturated rings. The number of hydrogen-bond donors (Lipinski definition) is 1. The number of aromatic nitrogens is 3. The first-order valence-corrected chi connectivity index (χ1v) is 10.6. The monoisotopic (exact) mass is 386 g/mol. The summed E-state index contributed by atoms with van der Waals surface area (Å²) in [6.45, 7) is 2.34. The van der Waals surface area contributed by atoms with E-state index in [1.807, 2.05) is 35.7 Å². The van der Waals surface area contributed by atoms with Gasteiger partial charge in [0.2, 0.25) is 0 Å². The van der Waals surface area contributed by atoms with Crippen LogP contribution >= 0.6 is 11.3 Å². The zero-order valence-electron chi connectivity index (χ0n) is 15.8. The van der Waals surface area contributed by atoms with E-state index < -0.39 is 0 Å². The molecule has 0 radical (unpaired) electrons. The molecule has 0 saturated carbocycles. The highest BCUT2D eigenvalue weighted by atomic mass is 32.1. The maximum Gasteiger partial charge on any atom is 0.139 e. The minimum atomic E-state index is -0.0569. The summed E-state index contributed by atoms with van der Waals surface area (Å²) in [5, 5.41) is 4.90. The summed E-state index contributed by atoms with van der Waals surface area (Å²) in [6.07, 6.45) is 7.01. The lowest BCUT2D eigenvalue weighted by Crippen LogP contribution is -2.15. The Morgan fingerprint density at radius 3 is 2.71 bits per heavy atom. The van der Waals surface area contributed by atoms with Crippen molar-refractivity contribution in [3.8, 4) is 0 Å². The van der Waals surface area contributed by atoms with Crippen LogP contribution in [-0.4, -0.2) is 15.0 Å². The number of fused-ring (bicyclic) bond motifs is 3. The normalized spacial score (nSPS) is 17.2. The SMILES string of the molecule is CC1CCc2c(sc3ncnc(NC(c4ccccc4)c4ccccn4)c23)C1. The van der Waals surface area contributed by atoms with Crippen LogP contribution < -0.4 is 5.32 Å². The van der Waals surface area contributed by atoms with Gasteiger partial charge in [0.05, 0.1) is 17.1 Å². The van der Waals surface area contributed by atoms with Crippen LogP contribution in [0.3, 0.4) is 0 Å². The summed E-state index contributed by atoms with van der Waals surface area (Å²) in [5.41, 5.74) is 3.60. The minimum absolute atomic E-state index is 0.0569. The van der Waals surface area contributed by atoms with E-state index in [-0.39, 0.29) is 6.04 Å². The highest BCUT2D eigenvalue weighted by Gasteiger charge is 2.24. The number of rotatable bonds is 4.